The van der Waals surface area contributed by atoms with E-state index < -0.39 is 0 Å². The molecular formula is C69H78BNS. The molecule has 1 heterocycles. The lowest BCUT2D eigenvalue weighted by atomic mass is 9.33. The van der Waals surface area contributed by atoms with Crippen LogP contribution in [0.2, 0.25) is 0 Å². The van der Waals surface area contributed by atoms with Crippen molar-refractivity contribution in [3.05, 3.63) is 256 Å². The number of thiophene rings is 1. The van der Waals surface area contributed by atoms with Crippen molar-refractivity contribution in [2.24, 2.45) is 11.8 Å². The van der Waals surface area contributed by atoms with E-state index in [1.54, 1.807) is 0 Å². The monoisotopic (exact) mass is 964 g/mol. The Morgan fingerprint density at radius 1 is 0.778 bits per heavy atom. The van der Waals surface area contributed by atoms with Crippen molar-refractivity contribution in [1.82, 2.24) is 0 Å². The van der Waals surface area contributed by atoms with Crippen LogP contribution in [0.3, 0.4) is 0 Å². The van der Waals surface area contributed by atoms with Crippen LogP contribution in [-0.4, -0.2) is 12.8 Å². The third-order valence-electron chi connectivity index (χ3n) is 15.1. The van der Waals surface area contributed by atoms with E-state index in [2.05, 4.69) is 276 Å². The van der Waals surface area contributed by atoms with Crippen LogP contribution in [0, 0.1) is 18.8 Å². The zero-order valence-corrected chi connectivity index (χ0v) is 46.0. The number of anilines is 2. The number of benzene rings is 4. The van der Waals surface area contributed by atoms with Crippen molar-refractivity contribution in [1.29, 1.82) is 0 Å². The van der Waals surface area contributed by atoms with Gasteiger partial charge < -0.3 is 4.90 Å². The van der Waals surface area contributed by atoms with Crippen molar-refractivity contribution in [2.45, 2.75) is 113 Å². The van der Waals surface area contributed by atoms with Gasteiger partial charge in [-0.25, -0.2) is 0 Å². The molecule has 4 aromatic carbocycles. The molecule has 0 bridgehead atoms. The molecule has 3 unspecified atom stereocenters. The summed E-state index contributed by atoms with van der Waals surface area (Å²) >= 11 is 1.91. The molecular weight excluding hydrogens is 886 g/mol. The van der Waals surface area contributed by atoms with Crippen LogP contribution in [0.5, 0.6) is 0 Å². The van der Waals surface area contributed by atoms with Crippen molar-refractivity contribution < 1.29 is 0 Å². The van der Waals surface area contributed by atoms with Crippen molar-refractivity contribution in [2.75, 3.05) is 4.90 Å². The minimum Gasteiger partial charge on any atom is -0.331 e. The van der Waals surface area contributed by atoms with Gasteiger partial charge in [-0.3, -0.25) is 0 Å². The second kappa shape index (κ2) is 24.8. The van der Waals surface area contributed by atoms with Gasteiger partial charge in [0.15, 0.2) is 0 Å². The number of hydrogen-bond acceptors (Lipinski definition) is 2. The van der Waals surface area contributed by atoms with E-state index in [1.165, 1.54) is 92.5 Å². The van der Waals surface area contributed by atoms with Gasteiger partial charge in [0.05, 0.1) is 6.04 Å². The Labute approximate surface area is 439 Å². The fourth-order valence-corrected chi connectivity index (χ4v) is 12.5. The van der Waals surface area contributed by atoms with Crippen LogP contribution in [0.15, 0.2) is 240 Å². The SMILES string of the molecule is C=C/C=C(\C=C/Cc1ccc2sc3ccc(B(/C(C)=C(C)/C=C(C)\C=C\C)C(=C\C)/C(C)=C\C(C)=C/C)c(C)c3c2c1)C1/C=C/CC(C)CC(C)(c2ccc(N(c3ccccc3)C3C=CC=CC=C3)cc2)C1. The molecule has 3 heteroatoms. The van der Waals surface area contributed by atoms with E-state index in [0.717, 1.165) is 25.7 Å². The van der Waals surface area contributed by atoms with Gasteiger partial charge in [-0.15, -0.1) is 11.3 Å². The summed E-state index contributed by atoms with van der Waals surface area (Å²) in [6.07, 6.45) is 44.5. The summed E-state index contributed by atoms with van der Waals surface area (Å²) < 4.78 is 2.68. The summed E-state index contributed by atoms with van der Waals surface area (Å²) in [4.78, 5) is 2.43. The highest BCUT2D eigenvalue weighted by Crippen LogP contribution is 2.43. The highest BCUT2D eigenvalue weighted by Gasteiger charge is 2.34. The summed E-state index contributed by atoms with van der Waals surface area (Å²) in [6, 6.07) is 32.3. The molecule has 0 aliphatic heterocycles. The molecule has 3 atom stereocenters. The predicted octanol–water partition coefficient (Wildman–Crippen LogP) is 19.2. The molecule has 0 saturated carbocycles. The lowest BCUT2D eigenvalue weighted by Gasteiger charge is -2.38. The van der Waals surface area contributed by atoms with Gasteiger partial charge in [0.25, 0.3) is 0 Å². The van der Waals surface area contributed by atoms with Crippen LogP contribution >= 0.6 is 11.3 Å². The van der Waals surface area contributed by atoms with Gasteiger partial charge in [-0.05, 0) is 157 Å². The lowest BCUT2D eigenvalue weighted by Crippen LogP contribution is -2.37. The number of hydrogen-bond donors (Lipinski definition) is 0. The van der Waals surface area contributed by atoms with Gasteiger partial charge >= 0.3 is 0 Å². The lowest BCUT2D eigenvalue weighted by molar-refractivity contribution is 0.306. The minimum absolute atomic E-state index is 0.0188. The van der Waals surface area contributed by atoms with Crippen molar-refractivity contribution >= 4 is 55.1 Å². The summed E-state index contributed by atoms with van der Waals surface area (Å²) in [5.74, 6) is 0.838. The van der Waals surface area contributed by atoms with E-state index in [1.807, 2.05) is 17.4 Å². The average Bonchev–Trinajstić information content (AvgIpc) is 3.53. The van der Waals surface area contributed by atoms with Crippen molar-refractivity contribution in [3.63, 3.8) is 0 Å². The third kappa shape index (κ3) is 12.6. The van der Waals surface area contributed by atoms with Gasteiger partial charge in [-0.2, -0.15) is 0 Å². The summed E-state index contributed by atoms with van der Waals surface area (Å²) in [5, 5.41) is 2.74. The molecule has 0 saturated heterocycles. The second-order valence-corrected chi connectivity index (χ2v) is 21.7. The maximum Gasteiger partial charge on any atom is 0.237 e. The van der Waals surface area contributed by atoms with Gasteiger partial charge in [0, 0.05) is 37.5 Å². The first-order valence-electron chi connectivity index (χ1n) is 26.3. The standard InChI is InChI=1S/C69H78BNS/c1-13-26-50(6)45-52(8)55(11)70(64(16-4)53(9)44-49(5)15-3)65-41-43-67-68(54(65)10)63-46-56(36-42-66(63)72-67)29-25-30-57(27-14-2)58-31-24-28-51(7)47-69(12,48-58)59-37-39-62(40-38-59)71(61-34-22-19-23-35-61)60-32-20-17-18-21-33-60/h13-27,30-46,51,58,60H,2,28-29,47-48H2,1,3-12H3/b26-13+,30-25-,31-24+,49-15-,50-45-,53-44-,55-52+,57-27+,64-16-. The Hall–Kier alpha value is -6.42. The van der Waals surface area contributed by atoms with Crippen LogP contribution in [0.4, 0.5) is 11.4 Å². The molecule has 0 amide bonds. The maximum absolute atomic E-state index is 4.20. The number of aryl methyl sites for hydroxylation is 1. The van der Waals surface area contributed by atoms with Crippen LogP contribution in [0.25, 0.3) is 20.2 Å². The summed E-state index contributed by atoms with van der Waals surface area (Å²) in [5.41, 5.74) is 17.0. The van der Waals surface area contributed by atoms with Crippen LogP contribution < -0.4 is 10.4 Å². The molecule has 5 aromatic rings. The minimum atomic E-state index is -0.0188. The second-order valence-electron chi connectivity index (χ2n) is 20.6. The Balaban J connectivity index is 1.19. The van der Waals surface area contributed by atoms with Crippen LogP contribution in [-0.2, 0) is 11.8 Å². The van der Waals surface area contributed by atoms with E-state index in [4.69, 9.17) is 0 Å². The Kier molecular flexibility index (Phi) is 18.4. The summed E-state index contributed by atoms with van der Waals surface area (Å²) in [6.45, 7) is 29.3. The zero-order chi connectivity index (χ0) is 51.4. The molecule has 1 aromatic heterocycles. The number of para-hydroxylation sites is 1. The Morgan fingerprint density at radius 2 is 1.49 bits per heavy atom. The molecule has 2 aliphatic rings. The maximum atomic E-state index is 4.20. The fourth-order valence-electron chi connectivity index (χ4n) is 11.3. The quantitative estimate of drug-likeness (QED) is 0.0541. The third-order valence-corrected chi connectivity index (χ3v) is 16.3. The molecule has 7 rings (SSSR count). The van der Waals surface area contributed by atoms with E-state index >= 15 is 0 Å². The highest BCUT2D eigenvalue weighted by molar-refractivity contribution is 7.25. The fraction of sp³-hybridized carbons (Fsp3) is 0.275. The predicted molar refractivity (Wildman–Crippen MR) is 324 cm³/mol. The molecule has 368 valence electrons. The first-order valence-corrected chi connectivity index (χ1v) is 27.1. The average molecular weight is 964 g/mol. The first-order chi connectivity index (χ1) is 34.8. The summed E-state index contributed by atoms with van der Waals surface area (Å²) in [7, 11) is 0. The first kappa shape index (κ1) is 53.4. The van der Waals surface area contributed by atoms with Gasteiger partial charge in [0.1, 0.15) is 0 Å². The normalized spacial score (nSPS) is 20.6. The molecule has 0 N–H and O–H groups in total. The number of fused-ring (bicyclic) bond motifs is 3. The van der Waals surface area contributed by atoms with E-state index in [-0.39, 0.29) is 24.1 Å². The zero-order valence-electron chi connectivity index (χ0n) is 45.2. The van der Waals surface area contributed by atoms with Crippen LogP contribution in [0.1, 0.15) is 105 Å². The van der Waals surface area contributed by atoms with E-state index in [0.29, 0.717) is 5.92 Å². The Bertz CT molecular complexity index is 3090. The topological polar surface area (TPSA) is 3.24 Å². The molecule has 72 heavy (non-hydrogen) atoms. The van der Waals surface area contributed by atoms with Gasteiger partial charge in [-0.1, -0.05) is 218 Å². The Morgan fingerprint density at radius 3 is 2.17 bits per heavy atom. The van der Waals surface area contributed by atoms with E-state index in [9.17, 15) is 0 Å². The molecule has 2 aliphatic carbocycles. The number of allylic oxidation sites excluding steroid dienone is 23. The smallest absolute Gasteiger partial charge is 0.237 e. The van der Waals surface area contributed by atoms with Gasteiger partial charge in [0.2, 0.25) is 6.71 Å². The molecule has 0 spiro atoms. The van der Waals surface area contributed by atoms with Crippen molar-refractivity contribution in [3.8, 4) is 0 Å². The molecule has 1 nitrogen and oxygen atoms in total. The molecule has 0 radical (unpaired) electrons. The molecule has 0 fully saturated rings. The highest BCUT2D eigenvalue weighted by atomic mass is 32.1. The number of nitrogens with zero attached hydrogens (tertiary/aromatic N) is 1. The largest absolute Gasteiger partial charge is 0.331 e. The number of rotatable bonds is 16.